The first-order valence-electron chi connectivity index (χ1n) is 9.80. The second-order valence-corrected chi connectivity index (χ2v) is 9.29. The first kappa shape index (κ1) is 19.6. The highest BCUT2D eigenvalue weighted by atomic mass is 32.2. The average Bonchev–Trinajstić information content (AvgIpc) is 3.19. The number of nitrogens with zero attached hydrogens (tertiary/aromatic N) is 2. The molecule has 0 bridgehead atoms. The van der Waals surface area contributed by atoms with Crippen LogP contribution in [0.1, 0.15) is 29.8 Å². The summed E-state index contributed by atoms with van der Waals surface area (Å²) in [6.07, 6.45) is 5.86. The molecular weight excluding hydrogens is 388 g/mol. The summed E-state index contributed by atoms with van der Waals surface area (Å²) < 4.78 is 26.9. The van der Waals surface area contributed by atoms with E-state index in [2.05, 4.69) is 15.3 Å². The van der Waals surface area contributed by atoms with E-state index in [0.29, 0.717) is 36.1 Å². The van der Waals surface area contributed by atoms with Gasteiger partial charge in [0.05, 0.1) is 4.90 Å². The average molecular weight is 413 g/mol. The maximum Gasteiger partial charge on any atom is 0.267 e. The Morgan fingerprint density at radius 3 is 2.66 bits per heavy atom. The summed E-state index contributed by atoms with van der Waals surface area (Å²) >= 11 is 0. The van der Waals surface area contributed by atoms with E-state index in [-0.39, 0.29) is 5.91 Å². The minimum atomic E-state index is -3.41. The number of hydrogen-bond donors (Lipinski definition) is 2. The van der Waals surface area contributed by atoms with E-state index in [1.165, 1.54) is 0 Å². The molecule has 2 aromatic heterocycles. The number of H-pyrrole nitrogens is 1. The van der Waals surface area contributed by atoms with Crippen LogP contribution in [0.25, 0.3) is 10.9 Å². The van der Waals surface area contributed by atoms with Crippen LogP contribution in [0.4, 0.5) is 0 Å². The zero-order valence-corrected chi connectivity index (χ0v) is 16.9. The van der Waals surface area contributed by atoms with Gasteiger partial charge in [-0.2, -0.15) is 4.31 Å². The number of nitrogens with one attached hydrogen (secondary N) is 2. The summed E-state index contributed by atoms with van der Waals surface area (Å²) in [5.74, 6) is 0.273. The first-order valence-corrected chi connectivity index (χ1v) is 11.2. The molecule has 0 radical (unpaired) electrons. The number of hydrogen-bond acceptors (Lipinski definition) is 4. The molecule has 0 saturated carbocycles. The molecule has 4 rings (SSSR count). The molecule has 0 aliphatic carbocycles. The Bertz CT molecular complexity index is 1050. The third-order valence-electron chi connectivity index (χ3n) is 5.46. The fourth-order valence-corrected chi connectivity index (χ4v) is 5.25. The van der Waals surface area contributed by atoms with Crippen molar-refractivity contribution in [2.75, 3.05) is 19.6 Å². The maximum atomic E-state index is 12.7. The fraction of sp³-hybridized carbons (Fsp3) is 0.333. The number of aromatic amines is 1. The Labute approximate surface area is 170 Å². The summed E-state index contributed by atoms with van der Waals surface area (Å²) in [5, 5.41) is 3.86. The molecule has 0 spiro atoms. The Hall–Kier alpha value is -2.71. The van der Waals surface area contributed by atoms with Crippen molar-refractivity contribution in [2.45, 2.75) is 24.2 Å². The highest BCUT2D eigenvalue weighted by molar-refractivity contribution is 7.89. The SMILES string of the molecule is O=C(NCCC1CCN(S(=O)(=O)c2ccccc2)CC1)c1cc2cnccc2[nH]1. The van der Waals surface area contributed by atoms with Gasteiger partial charge in [0, 0.05) is 42.9 Å². The number of amides is 1. The topological polar surface area (TPSA) is 95.2 Å². The van der Waals surface area contributed by atoms with Crippen LogP contribution in [0.2, 0.25) is 0 Å². The van der Waals surface area contributed by atoms with Gasteiger partial charge in [-0.15, -0.1) is 0 Å². The molecule has 1 amide bonds. The van der Waals surface area contributed by atoms with E-state index in [9.17, 15) is 13.2 Å². The summed E-state index contributed by atoms with van der Waals surface area (Å²) in [6.45, 7) is 1.61. The van der Waals surface area contributed by atoms with Gasteiger partial charge < -0.3 is 10.3 Å². The molecule has 152 valence electrons. The highest BCUT2D eigenvalue weighted by Crippen LogP contribution is 2.25. The number of rotatable bonds is 6. The quantitative estimate of drug-likeness (QED) is 0.651. The normalized spacial score (nSPS) is 16.1. The van der Waals surface area contributed by atoms with Gasteiger partial charge in [0.2, 0.25) is 10.0 Å². The Kier molecular flexibility index (Phi) is 5.64. The first-order chi connectivity index (χ1) is 14.0. The van der Waals surface area contributed by atoms with Gasteiger partial charge in [-0.25, -0.2) is 8.42 Å². The number of fused-ring (bicyclic) bond motifs is 1. The largest absolute Gasteiger partial charge is 0.351 e. The molecular formula is C21H24N4O3S. The number of carbonyl (C=O) groups excluding carboxylic acids is 1. The van der Waals surface area contributed by atoms with Gasteiger partial charge in [-0.3, -0.25) is 9.78 Å². The van der Waals surface area contributed by atoms with Crippen LogP contribution >= 0.6 is 0 Å². The molecule has 29 heavy (non-hydrogen) atoms. The lowest BCUT2D eigenvalue weighted by Crippen LogP contribution is -2.39. The molecule has 7 nitrogen and oxygen atoms in total. The molecule has 1 fully saturated rings. The van der Waals surface area contributed by atoms with Crippen molar-refractivity contribution in [2.24, 2.45) is 5.92 Å². The number of pyridine rings is 1. The van der Waals surface area contributed by atoms with Crippen LogP contribution in [0.5, 0.6) is 0 Å². The molecule has 0 unspecified atom stereocenters. The second-order valence-electron chi connectivity index (χ2n) is 7.35. The number of carbonyl (C=O) groups is 1. The van der Waals surface area contributed by atoms with E-state index in [4.69, 9.17) is 0 Å². The van der Waals surface area contributed by atoms with Crippen LogP contribution in [0, 0.1) is 5.92 Å². The zero-order valence-electron chi connectivity index (χ0n) is 16.0. The van der Waals surface area contributed by atoms with E-state index in [1.807, 2.05) is 12.1 Å². The lowest BCUT2D eigenvalue weighted by molar-refractivity contribution is 0.0946. The lowest BCUT2D eigenvalue weighted by atomic mass is 9.95. The standard InChI is InChI=1S/C21H24N4O3S/c26-21(20-14-17-15-22-10-7-19(17)24-20)23-11-6-16-8-12-25(13-9-16)29(27,28)18-4-2-1-3-5-18/h1-5,7,10,14-16,24H,6,8-9,11-13H2,(H,23,26). The zero-order chi connectivity index (χ0) is 20.3. The van der Waals surface area contributed by atoms with Crippen molar-refractivity contribution >= 4 is 26.8 Å². The molecule has 3 aromatic rings. The van der Waals surface area contributed by atoms with Crippen LogP contribution in [0.3, 0.4) is 0 Å². The Balaban J connectivity index is 1.25. The van der Waals surface area contributed by atoms with Gasteiger partial charge in [-0.1, -0.05) is 18.2 Å². The van der Waals surface area contributed by atoms with Crippen molar-refractivity contribution in [3.63, 3.8) is 0 Å². The van der Waals surface area contributed by atoms with Gasteiger partial charge in [-0.05, 0) is 49.4 Å². The number of piperidine rings is 1. The van der Waals surface area contributed by atoms with Crippen LogP contribution in [-0.4, -0.2) is 48.2 Å². The summed E-state index contributed by atoms with van der Waals surface area (Å²) in [4.78, 5) is 19.8. The van der Waals surface area contributed by atoms with E-state index in [1.54, 1.807) is 47.0 Å². The predicted octanol–water partition coefficient (Wildman–Crippen LogP) is 2.78. The summed E-state index contributed by atoms with van der Waals surface area (Å²) in [5.41, 5.74) is 1.41. The monoisotopic (exact) mass is 412 g/mol. The van der Waals surface area contributed by atoms with Crippen molar-refractivity contribution in [1.82, 2.24) is 19.6 Å². The van der Waals surface area contributed by atoms with Gasteiger partial charge in [0.25, 0.3) is 5.91 Å². The lowest BCUT2D eigenvalue weighted by Gasteiger charge is -2.31. The molecule has 0 atom stereocenters. The van der Waals surface area contributed by atoms with Crippen LogP contribution in [0.15, 0.2) is 59.8 Å². The van der Waals surface area contributed by atoms with Crippen LogP contribution in [-0.2, 0) is 10.0 Å². The van der Waals surface area contributed by atoms with Crippen molar-refractivity contribution in [3.05, 3.63) is 60.6 Å². The summed E-state index contributed by atoms with van der Waals surface area (Å²) in [7, 11) is -3.41. The second kappa shape index (κ2) is 8.34. The highest BCUT2D eigenvalue weighted by Gasteiger charge is 2.29. The van der Waals surface area contributed by atoms with Gasteiger partial charge in [0.1, 0.15) is 5.69 Å². The van der Waals surface area contributed by atoms with E-state index >= 15 is 0 Å². The maximum absolute atomic E-state index is 12.7. The van der Waals surface area contributed by atoms with E-state index < -0.39 is 10.0 Å². The number of aromatic nitrogens is 2. The van der Waals surface area contributed by atoms with Crippen LogP contribution < -0.4 is 5.32 Å². The minimum absolute atomic E-state index is 0.134. The molecule has 1 aliphatic heterocycles. The Morgan fingerprint density at radius 1 is 1.17 bits per heavy atom. The fourth-order valence-electron chi connectivity index (χ4n) is 3.76. The van der Waals surface area contributed by atoms with Gasteiger partial charge >= 0.3 is 0 Å². The third kappa shape index (κ3) is 4.33. The third-order valence-corrected chi connectivity index (χ3v) is 7.37. The predicted molar refractivity (Wildman–Crippen MR) is 111 cm³/mol. The molecule has 1 aliphatic rings. The van der Waals surface area contributed by atoms with E-state index in [0.717, 1.165) is 30.2 Å². The molecule has 3 heterocycles. The molecule has 1 aromatic carbocycles. The van der Waals surface area contributed by atoms with Crippen molar-refractivity contribution < 1.29 is 13.2 Å². The smallest absolute Gasteiger partial charge is 0.267 e. The number of sulfonamides is 1. The molecule has 2 N–H and O–H groups in total. The summed E-state index contributed by atoms with van der Waals surface area (Å²) in [6, 6.07) is 12.2. The molecule has 8 heteroatoms. The van der Waals surface area contributed by atoms with Gasteiger partial charge in [0.15, 0.2) is 0 Å². The minimum Gasteiger partial charge on any atom is -0.351 e. The van der Waals surface area contributed by atoms with Crippen molar-refractivity contribution in [1.29, 1.82) is 0 Å². The van der Waals surface area contributed by atoms with Crippen molar-refractivity contribution in [3.8, 4) is 0 Å². The number of benzene rings is 1. The Morgan fingerprint density at radius 2 is 1.93 bits per heavy atom. The molecule has 1 saturated heterocycles.